The normalized spacial score (nSPS) is 10.4. The van der Waals surface area contributed by atoms with Crippen molar-refractivity contribution < 1.29 is 0 Å². The lowest BCUT2D eigenvalue weighted by atomic mass is 10.1. The minimum absolute atomic E-state index is 0.610. The number of anilines is 3. The third-order valence-corrected chi connectivity index (χ3v) is 3.33. The zero-order chi connectivity index (χ0) is 14.1. The molecule has 2 aromatic carbocycles. The van der Waals surface area contributed by atoms with E-state index in [9.17, 15) is 5.26 Å². The lowest BCUT2D eigenvalue weighted by Crippen LogP contribution is -2.13. The summed E-state index contributed by atoms with van der Waals surface area (Å²) in [5.74, 6) is 0. The quantitative estimate of drug-likeness (QED) is 0.696. The molecule has 0 amide bonds. The maximum Gasteiger partial charge on any atom is 0.101 e. The maximum atomic E-state index is 9.20. The van der Waals surface area contributed by atoms with Crippen molar-refractivity contribution in [1.29, 1.82) is 5.26 Å². The topological polar surface area (TPSA) is 81.7 Å². The van der Waals surface area contributed by atoms with Gasteiger partial charge in [0, 0.05) is 12.4 Å². The lowest BCUT2D eigenvalue weighted by Gasteiger charge is -2.22. The second kappa shape index (κ2) is 4.59. The van der Waals surface area contributed by atoms with Crippen LogP contribution in [-0.4, -0.2) is 17.2 Å². The molecule has 5 nitrogen and oxygen atoms in total. The molecule has 0 atom stereocenters. The molecule has 0 bridgehead atoms. The molecule has 3 aromatic rings. The molecule has 5 heteroatoms. The summed E-state index contributed by atoms with van der Waals surface area (Å²) in [4.78, 5) is 1.91. The van der Waals surface area contributed by atoms with E-state index in [1.165, 1.54) is 0 Å². The van der Waals surface area contributed by atoms with Gasteiger partial charge in [-0.15, -0.1) is 0 Å². The summed E-state index contributed by atoms with van der Waals surface area (Å²) in [5.41, 5.74) is 9.94. The molecular formula is C15H13N5. The van der Waals surface area contributed by atoms with Crippen molar-refractivity contribution in [3.63, 3.8) is 0 Å². The van der Waals surface area contributed by atoms with Crippen molar-refractivity contribution >= 4 is 28.0 Å². The Morgan fingerprint density at radius 2 is 2.05 bits per heavy atom. The van der Waals surface area contributed by atoms with Gasteiger partial charge in [0.15, 0.2) is 0 Å². The lowest BCUT2D eigenvalue weighted by molar-refractivity contribution is 1.12. The van der Waals surface area contributed by atoms with Crippen molar-refractivity contribution in [2.45, 2.75) is 0 Å². The van der Waals surface area contributed by atoms with Crippen molar-refractivity contribution in [3.8, 4) is 6.07 Å². The van der Waals surface area contributed by atoms with Crippen LogP contribution < -0.4 is 10.6 Å². The number of aromatic amines is 1. The number of nitrogens with one attached hydrogen (secondary N) is 1. The molecule has 1 heterocycles. The van der Waals surface area contributed by atoms with Crippen LogP contribution in [-0.2, 0) is 0 Å². The zero-order valence-corrected chi connectivity index (χ0v) is 11.0. The van der Waals surface area contributed by atoms with E-state index in [4.69, 9.17) is 5.73 Å². The van der Waals surface area contributed by atoms with Gasteiger partial charge in [-0.2, -0.15) is 10.4 Å². The molecule has 0 fully saturated rings. The molecule has 0 unspecified atom stereocenters. The van der Waals surface area contributed by atoms with Crippen molar-refractivity contribution in [1.82, 2.24) is 10.2 Å². The SMILES string of the molecule is CN(c1cc2[nH]ncc2cc1N)c1ccccc1C#N. The number of benzene rings is 2. The molecule has 3 rings (SSSR count). The highest BCUT2D eigenvalue weighted by atomic mass is 15.1. The van der Waals surface area contributed by atoms with Crippen LogP contribution in [0, 0.1) is 11.3 Å². The summed E-state index contributed by atoms with van der Waals surface area (Å²) in [5, 5.41) is 17.1. The first-order valence-electron chi connectivity index (χ1n) is 6.16. The molecule has 0 spiro atoms. The molecule has 0 saturated heterocycles. The van der Waals surface area contributed by atoms with E-state index in [0.717, 1.165) is 22.3 Å². The highest BCUT2D eigenvalue weighted by Gasteiger charge is 2.12. The first-order valence-corrected chi connectivity index (χ1v) is 6.16. The van der Waals surface area contributed by atoms with Crippen LogP contribution in [0.5, 0.6) is 0 Å². The summed E-state index contributed by atoms with van der Waals surface area (Å²) < 4.78 is 0. The number of para-hydroxylation sites is 1. The number of nitrogens with zero attached hydrogens (tertiary/aromatic N) is 3. The van der Waals surface area contributed by atoms with Crippen molar-refractivity contribution in [2.24, 2.45) is 0 Å². The molecule has 0 aliphatic heterocycles. The number of hydrogen-bond donors (Lipinski definition) is 2. The number of nitriles is 1. The molecule has 0 aliphatic carbocycles. The Balaban J connectivity index is 2.14. The molecule has 1 aromatic heterocycles. The highest BCUT2D eigenvalue weighted by molar-refractivity contribution is 5.91. The van der Waals surface area contributed by atoms with Crippen LogP contribution in [0.3, 0.4) is 0 Å². The second-order valence-electron chi connectivity index (χ2n) is 4.56. The number of rotatable bonds is 2. The Hall–Kier alpha value is -3.00. The predicted molar refractivity (Wildman–Crippen MR) is 79.7 cm³/mol. The Kier molecular flexibility index (Phi) is 2.77. The highest BCUT2D eigenvalue weighted by Crippen LogP contribution is 2.33. The Morgan fingerprint density at radius 3 is 2.85 bits per heavy atom. The summed E-state index contributed by atoms with van der Waals surface area (Å²) in [6.45, 7) is 0. The smallest absolute Gasteiger partial charge is 0.101 e. The second-order valence-corrected chi connectivity index (χ2v) is 4.56. The van der Waals surface area contributed by atoms with E-state index < -0.39 is 0 Å². The van der Waals surface area contributed by atoms with Crippen LogP contribution in [0.2, 0.25) is 0 Å². The van der Waals surface area contributed by atoms with Crippen LogP contribution in [0.15, 0.2) is 42.6 Å². The van der Waals surface area contributed by atoms with E-state index in [2.05, 4.69) is 16.3 Å². The molecule has 98 valence electrons. The summed E-state index contributed by atoms with van der Waals surface area (Å²) in [7, 11) is 1.89. The van der Waals surface area contributed by atoms with Crippen LogP contribution in [0.1, 0.15) is 5.56 Å². The van der Waals surface area contributed by atoms with Crippen molar-refractivity contribution in [2.75, 3.05) is 17.7 Å². The summed E-state index contributed by atoms with van der Waals surface area (Å²) in [6, 6.07) is 13.4. The van der Waals surface area contributed by atoms with Gasteiger partial charge >= 0.3 is 0 Å². The Bertz CT molecular complexity index is 812. The van der Waals surface area contributed by atoms with E-state index >= 15 is 0 Å². The van der Waals surface area contributed by atoms with Gasteiger partial charge in [0.1, 0.15) is 6.07 Å². The van der Waals surface area contributed by atoms with E-state index in [-0.39, 0.29) is 0 Å². The third kappa shape index (κ3) is 1.84. The molecule has 20 heavy (non-hydrogen) atoms. The number of aromatic nitrogens is 2. The van der Waals surface area contributed by atoms with Gasteiger partial charge in [-0.3, -0.25) is 5.10 Å². The minimum Gasteiger partial charge on any atom is -0.397 e. The third-order valence-electron chi connectivity index (χ3n) is 3.33. The van der Waals surface area contributed by atoms with Crippen LogP contribution in [0.4, 0.5) is 17.1 Å². The van der Waals surface area contributed by atoms with E-state index in [1.807, 2.05) is 42.3 Å². The average Bonchev–Trinajstić information content (AvgIpc) is 2.92. The van der Waals surface area contributed by atoms with Gasteiger partial charge in [-0.1, -0.05) is 12.1 Å². The first-order chi connectivity index (χ1) is 9.70. The molecule has 0 aliphatic rings. The number of nitrogen functional groups attached to an aromatic ring is 1. The Morgan fingerprint density at radius 1 is 1.25 bits per heavy atom. The monoisotopic (exact) mass is 263 g/mol. The van der Waals surface area contributed by atoms with E-state index in [1.54, 1.807) is 12.3 Å². The van der Waals surface area contributed by atoms with Crippen LogP contribution >= 0.6 is 0 Å². The molecular weight excluding hydrogens is 250 g/mol. The van der Waals surface area contributed by atoms with Gasteiger partial charge in [0.2, 0.25) is 0 Å². The van der Waals surface area contributed by atoms with Gasteiger partial charge in [0.05, 0.1) is 34.3 Å². The van der Waals surface area contributed by atoms with Gasteiger partial charge in [0.25, 0.3) is 0 Å². The van der Waals surface area contributed by atoms with Gasteiger partial charge in [-0.05, 0) is 24.3 Å². The zero-order valence-electron chi connectivity index (χ0n) is 11.0. The number of fused-ring (bicyclic) bond motifs is 1. The number of H-pyrrole nitrogens is 1. The fraction of sp³-hybridized carbons (Fsp3) is 0.0667. The fourth-order valence-corrected chi connectivity index (χ4v) is 2.28. The molecule has 3 N–H and O–H groups in total. The molecule has 0 saturated carbocycles. The molecule has 0 radical (unpaired) electrons. The maximum absolute atomic E-state index is 9.20. The van der Waals surface area contributed by atoms with Gasteiger partial charge < -0.3 is 10.6 Å². The summed E-state index contributed by atoms with van der Waals surface area (Å²) in [6.07, 6.45) is 1.73. The summed E-state index contributed by atoms with van der Waals surface area (Å²) >= 11 is 0. The van der Waals surface area contributed by atoms with Crippen molar-refractivity contribution in [3.05, 3.63) is 48.2 Å². The van der Waals surface area contributed by atoms with Gasteiger partial charge in [-0.25, -0.2) is 0 Å². The standard InChI is InChI=1S/C15H13N5/c1-20(14-5-3-2-4-10(14)8-16)15-7-13-11(6-12(15)17)9-18-19-13/h2-7,9H,17H2,1H3,(H,18,19). The average molecular weight is 263 g/mol. The fourth-order valence-electron chi connectivity index (χ4n) is 2.28. The number of hydrogen-bond acceptors (Lipinski definition) is 4. The minimum atomic E-state index is 0.610. The predicted octanol–water partition coefficient (Wildman–Crippen LogP) is 2.78. The largest absolute Gasteiger partial charge is 0.397 e. The van der Waals surface area contributed by atoms with E-state index in [0.29, 0.717) is 11.3 Å². The first kappa shape index (κ1) is 12.1. The van der Waals surface area contributed by atoms with Crippen LogP contribution in [0.25, 0.3) is 10.9 Å². The Labute approximate surface area is 116 Å². The number of nitrogens with two attached hydrogens (primary N) is 1.